The number of aryl methyl sites for hydroxylation is 1. The van der Waals surface area contributed by atoms with E-state index in [4.69, 9.17) is 11.6 Å². The van der Waals surface area contributed by atoms with Gasteiger partial charge in [0.1, 0.15) is 11.0 Å². The highest BCUT2D eigenvalue weighted by Crippen LogP contribution is 2.15. The predicted molar refractivity (Wildman–Crippen MR) is 81.1 cm³/mol. The Labute approximate surface area is 121 Å². The predicted octanol–water partition coefficient (Wildman–Crippen LogP) is 2.38. The van der Waals surface area contributed by atoms with Gasteiger partial charge in [0, 0.05) is 0 Å². The van der Waals surface area contributed by atoms with Crippen LogP contribution in [0.1, 0.15) is 18.9 Å². The molecule has 0 amide bonds. The lowest BCUT2D eigenvalue weighted by Crippen LogP contribution is -2.28. The smallest absolute Gasteiger partial charge is 0.139 e. The number of halogens is 2. The van der Waals surface area contributed by atoms with Crippen molar-refractivity contribution in [2.24, 2.45) is 4.99 Å². The Balaban J connectivity index is 2.67. The summed E-state index contributed by atoms with van der Waals surface area (Å²) in [7, 11) is 0. The molecule has 5 heteroatoms. The summed E-state index contributed by atoms with van der Waals surface area (Å²) >= 11 is 5.96. The molecule has 0 N–H and O–H groups in total. The molecule has 20 heavy (non-hydrogen) atoms. The van der Waals surface area contributed by atoms with Gasteiger partial charge in [0.25, 0.3) is 0 Å². The number of rotatable bonds is 4. The number of hydrogen-bond donors (Lipinski definition) is 0. The molecule has 0 aliphatic heterocycles. The third-order valence-electron chi connectivity index (χ3n) is 3.02. The molecule has 3 nitrogen and oxygen atoms in total. The molecule has 0 aliphatic carbocycles. The number of benzene rings is 1. The average Bonchev–Trinajstić information content (AvgIpc) is 2.80. The average molecular weight is 292 g/mol. The van der Waals surface area contributed by atoms with Crippen LogP contribution in [0, 0.1) is 5.82 Å². The summed E-state index contributed by atoms with van der Waals surface area (Å²) in [5.41, 5.74) is 1.69. The zero-order valence-corrected chi connectivity index (χ0v) is 12.0. The van der Waals surface area contributed by atoms with Crippen molar-refractivity contribution < 1.29 is 4.39 Å². The fourth-order valence-corrected chi connectivity index (χ4v) is 2.23. The lowest BCUT2D eigenvalue weighted by molar-refractivity contribution is 0.623. The minimum atomic E-state index is -0.257. The molecule has 0 saturated carbocycles. The van der Waals surface area contributed by atoms with Crippen LogP contribution in [0.5, 0.6) is 0 Å². The summed E-state index contributed by atoms with van der Waals surface area (Å²) in [4.78, 5) is 3.68. The maximum Gasteiger partial charge on any atom is 0.139 e. The highest BCUT2D eigenvalue weighted by Gasteiger charge is 2.08. The van der Waals surface area contributed by atoms with Crippen molar-refractivity contribution in [3.63, 3.8) is 0 Å². The van der Waals surface area contributed by atoms with Crippen LogP contribution in [0.2, 0.25) is 0 Å². The van der Waals surface area contributed by atoms with Crippen molar-refractivity contribution in [2.45, 2.75) is 19.8 Å². The standard InChI is InChI=1S/C15H15ClFN3/c1-4-5-11-8-12(17)6-7-14(11)20-10(2)13(9-19-20)15(16)18-3/h6-9H,2-5H2,1H3/b15-13-. The molecule has 0 bridgehead atoms. The van der Waals surface area contributed by atoms with Gasteiger partial charge in [-0.3, -0.25) is 4.99 Å². The van der Waals surface area contributed by atoms with Gasteiger partial charge in [0.2, 0.25) is 0 Å². The molecule has 0 aliphatic rings. The largest absolute Gasteiger partial charge is 0.252 e. The Morgan fingerprint density at radius 1 is 1.50 bits per heavy atom. The number of nitrogens with zero attached hydrogens (tertiary/aromatic N) is 3. The fourth-order valence-electron chi connectivity index (χ4n) is 2.07. The van der Waals surface area contributed by atoms with Crippen LogP contribution in [0.15, 0.2) is 29.4 Å². The van der Waals surface area contributed by atoms with E-state index in [1.165, 1.54) is 12.1 Å². The summed E-state index contributed by atoms with van der Waals surface area (Å²) in [5, 5.41) is 5.74. The van der Waals surface area contributed by atoms with Crippen LogP contribution >= 0.6 is 11.6 Å². The lowest BCUT2D eigenvalue weighted by atomic mass is 10.1. The van der Waals surface area contributed by atoms with Gasteiger partial charge in [0.15, 0.2) is 0 Å². The first-order valence-electron chi connectivity index (χ1n) is 6.26. The van der Waals surface area contributed by atoms with Gasteiger partial charge in [-0.1, -0.05) is 31.5 Å². The molecule has 0 atom stereocenters. The van der Waals surface area contributed by atoms with Crippen LogP contribution in [0.3, 0.4) is 0 Å². The number of aromatic nitrogens is 2. The number of hydrogen-bond acceptors (Lipinski definition) is 2. The maximum absolute atomic E-state index is 13.4. The molecule has 1 aromatic heterocycles. The first-order valence-corrected chi connectivity index (χ1v) is 6.64. The van der Waals surface area contributed by atoms with Gasteiger partial charge in [0.05, 0.1) is 22.5 Å². The second kappa shape index (κ2) is 6.01. The first kappa shape index (κ1) is 14.5. The van der Waals surface area contributed by atoms with Crippen LogP contribution in [0.25, 0.3) is 17.4 Å². The molecule has 0 spiro atoms. The Kier molecular flexibility index (Phi) is 4.35. The van der Waals surface area contributed by atoms with E-state index in [1.54, 1.807) is 16.9 Å². The van der Waals surface area contributed by atoms with Crippen LogP contribution in [0.4, 0.5) is 4.39 Å². The Hall–Kier alpha value is -1.94. The molecule has 104 valence electrons. The summed E-state index contributed by atoms with van der Waals surface area (Å²) in [5.74, 6) is -0.257. The van der Waals surface area contributed by atoms with Crippen molar-refractivity contribution in [2.75, 3.05) is 0 Å². The Morgan fingerprint density at radius 3 is 2.90 bits per heavy atom. The van der Waals surface area contributed by atoms with E-state index < -0.39 is 0 Å². The van der Waals surface area contributed by atoms with Gasteiger partial charge in [-0.2, -0.15) is 5.10 Å². The zero-order valence-electron chi connectivity index (χ0n) is 11.2. The van der Waals surface area contributed by atoms with E-state index in [1.807, 2.05) is 6.92 Å². The second-order valence-electron chi connectivity index (χ2n) is 4.39. The van der Waals surface area contributed by atoms with E-state index in [-0.39, 0.29) is 11.0 Å². The van der Waals surface area contributed by atoms with E-state index >= 15 is 0 Å². The number of aliphatic imine (C=N–C) groups is 1. The maximum atomic E-state index is 13.4. The Morgan fingerprint density at radius 2 is 2.25 bits per heavy atom. The monoisotopic (exact) mass is 291 g/mol. The van der Waals surface area contributed by atoms with Gasteiger partial charge in [-0.05, 0) is 36.9 Å². The molecule has 2 rings (SSSR count). The highest BCUT2D eigenvalue weighted by atomic mass is 35.5. The highest BCUT2D eigenvalue weighted by molar-refractivity contribution is 6.45. The van der Waals surface area contributed by atoms with Crippen molar-refractivity contribution in [3.8, 4) is 5.69 Å². The van der Waals surface area contributed by atoms with Crippen molar-refractivity contribution in [1.29, 1.82) is 0 Å². The summed E-state index contributed by atoms with van der Waals surface area (Å²) in [6.45, 7) is 9.39. The summed E-state index contributed by atoms with van der Waals surface area (Å²) in [6.07, 6.45) is 3.26. The summed E-state index contributed by atoms with van der Waals surface area (Å²) < 4.78 is 15.0. The van der Waals surface area contributed by atoms with Crippen molar-refractivity contribution in [3.05, 3.63) is 46.3 Å². The van der Waals surface area contributed by atoms with E-state index in [0.29, 0.717) is 10.6 Å². The van der Waals surface area contributed by atoms with Crippen LogP contribution < -0.4 is 10.6 Å². The molecule has 0 radical (unpaired) electrons. The molecule has 0 saturated heterocycles. The van der Waals surface area contributed by atoms with Crippen LogP contribution in [-0.4, -0.2) is 16.5 Å². The topological polar surface area (TPSA) is 30.2 Å². The van der Waals surface area contributed by atoms with Crippen LogP contribution in [-0.2, 0) is 6.42 Å². The molecule has 2 aromatic rings. The lowest BCUT2D eigenvalue weighted by Gasteiger charge is -2.09. The first-order chi connectivity index (χ1) is 9.58. The molecule has 1 heterocycles. The quantitative estimate of drug-likeness (QED) is 0.628. The van der Waals surface area contributed by atoms with Gasteiger partial charge in [-0.25, -0.2) is 9.07 Å². The third-order valence-corrected chi connectivity index (χ3v) is 3.34. The molecule has 0 unspecified atom stereocenters. The fraction of sp³-hybridized carbons (Fsp3) is 0.200. The van der Waals surface area contributed by atoms with E-state index in [9.17, 15) is 4.39 Å². The SMILES string of the molecule is C=N/C(Cl)=c1/cnn(-c2ccc(F)cc2CCC)c1=C. The van der Waals surface area contributed by atoms with Gasteiger partial charge in [-0.15, -0.1) is 0 Å². The minimum Gasteiger partial charge on any atom is -0.252 e. The third kappa shape index (κ3) is 2.65. The van der Waals surface area contributed by atoms with Gasteiger partial charge >= 0.3 is 0 Å². The summed E-state index contributed by atoms with van der Waals surface area (Å²) in [6, 6.07) is 4.63. The van der Waals surface area contributed by atoms with Gasteiger partial charge < -0.3 is 0 Å². The van der Waals surface area contributed by atoms with E-state index in [2.05, 4.69) is 23.4 Å². The minimum absolute atomic E-state index is 0.250. The molecular weight excluding hydrogens is 277 g/mol. The molecule has 0 fully saturated rings. The van der Waals surface area contributed by atoms with E-state index in [0.717, 1.165) is 24.1 Å². The zero-order chi connectivity index (χ0) is 14.7. The van der Waals surface area contributed by atoms with Crippen molar-refractivity contribution in [1.82, 2.24) is 9.78 Å². The molecular formula is C15H15ClFN3. The second-order valence-corrected chi connectivity index (χ2v) is 4.75. The van der Waals surface area contributed by atoms with Crippen molar-refractivity contribution >= 4 is 30.1 Å². The normalized spacial score (nSPS) is 12.3. The molecule has 1 aromatic carbocycles. The Bertz CT molecular complexity index is 749.